The quantitative estimate of drug-likeness (QED) is 0.478. The third-order valence-electron chi connectivity index (χ3n) is 4.69. The Morgan fingerprint density at radius 1 is 0.750 bits per heavy atom. The van der Waals surface area contributed by atoms with Crippen LogP contribution in [0.15, 0.2) is 60.7 Å². The highest BCUT2D eigenvalue weighted by Crippen LogP contribution is 2.33. The van der Waals surface area contributed by atoms with Gasteiger partial charge in [0.1, 0.15) is 24.7 Å². The number of aliphatic hydroxyl groups excluding tert-OH is 2. The third-order valence-corrected chi connectivity index (χ3v) is 4.69. The smallest absolute Gasteiger partial charge is 0.338 e. The van der Waals surface area contributed by atoms with Crippen molar-refractivity contribution in [1.82, 2.24) is 0 Å². The predicted molar refractivity (Wildman–Crippen MR) is 120 cm³/mol. The Morgan fingerprint density at radius 2 is 1.09 bits per heavy atom. The molecule has 3 rings (SSSR count). The fourth-order valence-corrected chi connectivity index (χ4v) is 2.84. The molecule has 0 aliphatic carbocycles. The van der Waals surface area contributed by atoms with Gasteiger partial charge in [0.25, 0.3) is 0 Å². The lowest BCUT2D eigenvalue weighted by Crippen LogP contribution is -2.19. The van der Waals surface area contributed by atoms with Crippen LogP contribution in [-0.2, 0) is 19.7 Å². The first-order chi connectivity index (χ1) is 15.1. The molecule has 0 saturated heterocycles. The van der Waals surface area contributed by atoms with Gasteiger partial charge in [-0.25, -0.2) is 9.59 Å². The van der Waals surface area contributed by atoms with Gasteiger partial charge in [-0.3, -0.25) is 0 Å². The Balaban J connectivity index is 0.000000439. The number of ether oxygens (including phenoxy) is 3. The van der Waals surface area contributed by atoms with E-state index in [1.165, 1.54) is 11.1 Å². The van der Waals surface area contributed by atoms with E-state index in [0.29, 0.717) is 0 Å². The maximum absolute atomic E-state index is 9.92. The first-order valence-electron chi connectivity index (χ1n) is 10.3. The van der Waals surface area contributed by atoms with Gasteiger partial charge >= 0.3 is 11.9 Å². The topological polar surface area (TPSA) is 102 Å². The lowest BCUT2D eigenvalue weighted by Gasteiger charge is -2.26. The third kappa shape index (κ3) is 7.83. The van der Waals surface area contributed by atoms with Gasteiger partial charge in [0.05, 0.1) is 12.2 Å². The van der Waals surface area contributed by atoms with Crippen LogP contribution < -0.4 is 9.47 Å². The summed E-state index contributed by atoms with van der Waals surface area (Å²) in [5, 5.41) is 18.6. The van der Waals surface area contributed by atoms with E-state index in [-0.39, 0.29) is 18.6 Å². The summed E-state index contributed by atoms with van der Waals surface area (Å²) < 4.78 is 15.0. The number of carbonyl (C=O) groups is 2. The van der Waals surface area contributed by atoms with Crippen molar-refractivity contribution in [2.75, 3.05) is 13.2 Å². The second-order valence-corrected chi connectivity index (χ2v) is 8.07. The van der Waals surface area contributed by atoms with Gasteiger partial charge in [0.15, 0.2) is 0 Å². The molecule has 1 heterocycles. The maximum Gasteiger partial charge on any atom is 0.338 e. The van der Waals surface area contributed by atoms with Crippen molar-refractivity contribution in [3.63, 3.8) is 0 Å². The molecule has 2 unspecified atom stereocenters. The van der Waals surface area contributed by atoms with Crippen LogP contribution in [0.5, 0.6) is 11.5 Å². The van der Waals surface area contributed by atoms with Gasteiger partial charge in [0, 0.05) is 17.6 Å². The lowest BCUT2D eigenvalue weighted by molar-refractivity contribution is -0.150. The molecule has 7 nitrogen and oxygen atoms in total. The van der Waals surface area contributed by atoms with Gasteiger partial charge in [-0.15, -0.1) is 0 Å². The molecule has 0 spiro atoms. The summed E-state index contributed by atoms with van der Waals surface area (Å²) in [6.07, 6.45) is 1.21. The van der Waals surface area contributed by atoms with E-state index in [2.05, 4.69) is 42.8 Å². The van der Waals surface area contributed by atoms with E-state index in [9.17, 15) is 19.8 Å². The molecule has 2 atom stereocenters. The van der Waals surface area contributed by atoms with Crippen LogP contribution in [-0.4, -0.2) is 47.6 Å². The van der Waals surface area contributed by atoms with Gasteiger partial charge in [-0.2, -0.15) is 0 Å². The molecule has 7 heteroatoms. The molecular weight excluding hydrogens is 412 g/mol. The Kier molecular flexibility index (Phi) is 8.99. The molecule has 2 aromatic rings. The van der Waals surface area contributed by atoms with Crippen molar-refractivity contribution in [2.45, 2.75) is 45.3 Å². The number of aliphatic hydroxyl groups is 2. The average Bonchev–Trinajstić information content (AvgIpc) is 3.14. The summed E-state index contributed by atoms with van der Waals surface area (Å²) in [6, 6.07) is 15.9. The zero-order valence-electron chi connectivity index (χ0n) is 18.8. The molecule has 0 aromatic heterocycles. The summed E-state index contributed by atoms with van der Waals surface area (Å²) >= 11 is 0. The first-order valence-corrected chi connectivity index (χ1v) is 10.3. The highest BCUT2D eigenvalue weighted by molar-refractivity contribution is 6.04. The normalized spacial score (nSPS) is 14.8. The number of rotatable bonds is 8. The second kappa shape index (κ2) is 11.5. The first kappa shape index (κ1) is 25.1. The van der Waals surface area contributed by atoms with Crippen molar-refractivity contribution in [2.24, 2.45) is 0 Å². The van der Waals surface area contributed by atoms with Crippen LogP contribution in [0.3, 0.4) is 0 Å². The van der Waals surface area contributed by atoms with Crippen molar-refractivity contribution in [3.05, 3.63) is 71.8 Å². The highest BCUT2D eigenvalue weighted by atomic mass is 16.6. The number of cyclic esters (lactones) is 2. The molecule has 0 bridgehead atoms. The predicted octanol–water partition coefficient (Wildman–Crippen LogP) is 3.16. The molecule has 2 N–H and O–H groups in total. The lowest BCUT2D eigenvalue weighted by atomic mass is 9.78. The van der Waals surface area contributed by atoms with Gasteiger partial charge in [-0.1, -0.05) is 38.1 Å². The monoisotopic (exact) mass is 442 g/mol. The number of hydrogen-bond acceptors (Lipinski definition) is 7. The van der Waals surface area contributed by atoms with Crippen molar-refractivity contribution in [3.8, 4) is 11.5 Å². The Labute approximate surface area is 188 Å². The molecule has 1 aliphatic heterocycles. The number of benzene rings is 2. The second-order valence-electron chi connectivity index (χ2n) is 8.07. The van der Waals surface area contributed by atoms with Crippen LogP contribution in [0.4, 0.5) is 0 Å². The molecular formula is C25H30O7. The van der Waals surface area contributed by atoms with Crippen LogP contribution in [0, 0.1) is 0 Å². The Bertz CT molecular complexity index is 837. The average molecular weight is 443 g/mol. The summed E-state index contributed by atoms with van der Waals surface area (Å²) in [4.78, 5) is 19.8. The summed E-state index contributed by atoms with van der Waals surface area (Å²) in [5.74, 6) is 0.347. The molecule has 32 heavy (non-hydrogen) atoms. The zero-order valence-corrected chi connectivity index (χ0v) is 18.8. The SMILES string of the molecule is CC(O)COc1ccc(C(C)(C)c2ccc(OCC(C)O)cc2)cc1.O=C1C=CC(=O)O1. The summed E-state index contributed by atoms with van der Waals surface area (Å²) in [6.45, 7) is 8.32. The fraction of sp³-hybridized carbons (Fsp3) is 0.360. The number of carbonyl (C=O) groups excluding carboxylic acids is 2. The number of esters is 2. The molecule has 0 amide bonds. The van der Waals surface area contributed by atoms with Crippen LogP contribution in [0.25, 0.3) is 0 Å². The van der Waals surface area contributed by atoms with Gasteiger partial charge in [-0.05, 0) is 49.2 Å². The zero-order chi connectivity index (χ0) is 23.7. The van der Waals surface area contributed by atoms with E-state index in [1.54, 1.807) is 13.8 Å². The Morgan fingerprint density at radius 3 is 1.34 bits per heavy atom. The largest absolute Gasteiger partial charge is 0.491 e. The summed E-state index contributed by atoms with van der Waals surface area (Å²) in [5.41, 5.74) is 2.19. The molecule has 0 saturated carbocycles. The van der Waals surface area contributed by atoms with Crippen LogP contribution in [0.2, 0.25) is 0 Å². The molecule has 0 fully saturated rings. The minimum Gasteiger partial charge on any atom is -0.491 e. The molecule has 2 aromatic carbocycles. The van der Waals surface area contributed by atoms with Crippen LogP contribution in [0.1, 0.15) is 38.8 Å². The Hall–Kier alpha value is -3.16. The standard InChI is InChI=1S/C21H28O4.C4H2O3/c1-15(22)13-24-19-9-5-17(6-10-19)21(3,4)18-7-11-20(12-8-18)25-14-16(2)23;5-3-1-2-4(6)7-3/h5-12,15-16,22-23H,13-14H2,1-4H3;1-2H. The molecule has 172 valence electrons. The highest BCUT2D eigenvalue weighted by Gasteiger charge is 2.23. The van der Waals surface area contributed by atoms with Crippen molar-refractivity contribution in [1.29, 1.82) is 0 Å². The minimum atomic E-state index is -0.579. The fourth-order valence-electron chi connectivity index (χ4n) is 2.84. The van der Waals surface area contributed by atoms with E-state index in [1.807, 2.05) is 24.3 Å². The van der Waals surface area contributed by atoms with Crippen molar-refractivity contribution >= 4 is 11.9 Å². The summed E-state index contributed by atoms with van der Waals surface area (Å²) in [7, 11) is 0. The molecule has 0 radical (unpaired) electrons. The molecule has 1 aliphatic rings. The van der Waals surface area contributed by atoms with E-state index < -0.39 is 24.1 Å². The van der Waals surface area contributed by atoms with Crippen molar-refractivity contribution < 1.29 is 34.0 Å². The minimum absolute atomic E-state index is 0.161. The van der Waals surface area contributed by atoms with Crippen LogP contribution >= 0.6 is 0 Å². The van der Waals surface area contributed by atoms with E-state index in [0.717, 1.165) is 23.7 Å². The van der Waals surface area contributed by atoms with E-state index in [4.69, 9.17) is 9.47 Å². The number of hydrogen-bond donors (Lipinski definition) is 2. The van der Waals surface area contributed by atoms with E-state index >= 15 is 0 Å². The van der Waals surface area contributed by atoms with Gasteiger partial charge in [0.2, 0.25) is 0 Å². The van der Waals surface area contributed by atoms with Gasteiger partial charge < -0.3 is 24.4 Å². The maximum atomic E-state index is 9.92.